The normalized spacial score (nSPS) is 12.6. The fourth-order valence-electron chi connectivity index (χ4n) is 2.19. The lowest BCUT2D eigenvalue weighted by molar-refractivity contribution is 0.105. The summed E-state index contributed by atoms with van der Waals surface area (Å²) >= 11 is 1.40. The van der Waals surface area contributed by atoms with Gasteiger partial charge in [0.05, 0.1) is 19.1 Å². The van der Waals surface area contributed by atoms with Crippen molar-refractivity contribution in [3.05, 3.63) is 40.1 Å². The van der Waals surface area contributed by atoms with Crippen LogP contribution in [0.5, 0.6) is 23.0 Å². The molecular formula is C16H14O5S. The van der Waals surface area contributed by atoms with Crippen LogP contribution in [0, 0.1) is 0 Å². The molecule has 2 heterocycles. The van der Waals surface area contributed by atoms with E-state index in [2.05, 4.69) is 0 Å². The minimum absolute atomic E-state index is 0.0614. The zero-order valence-corrected chi connectivity index (χ0v) is 12.9. The molecule has 0 amide bonds. The molecule has 0 fully saturated rings. The Labute approximate surface area is 131 Å². The van der Waals surface area contributed by atoms with Crippen molar-refractivity contribution >= 4 is 23.2 Å². The predicted molar refractivity (Wildman–Crippen MR) is 83.4 cm³/mol. The summed E-state index contributed by atoms with van der Waals surface area (Å²) < 4.78 is 21.5. The van der Waals surface area contributed by atoms with Gasteiger partial charge in [0.2, 0.25) is 18.3 Å². The summed E-state index contributed by atoms with van der Waals surface area (Å²) in [5.41, 5.74) is 0.688. The van der Waals surface area contributed by atoms with E-state index in [4.69, 9.17) is 18.9 Å². The molecule has 6 heteroatoms. The maximum Gasteiger partial charge on any atom is 0.231 e. The van der Waals surface area contributed by atoms with E-state index < -0.39 is 0 Å². The van der Waals surface area contributed by atoms with Crippen molar-refractivity contribution < 1.29 is 23.7 Å². The molecule has 1 aliphatic rings. The number of ketones is 1. The average Bonchev–Trinajstić information content (AvgIpc) is 3.22. The van der Waals surface area contributed by atoms with Crippen LogP contribution in [0.15, 0.2) is 29.7 Å². The molecule has 2 aromatic rings. The van der Waals surface area contributed by atoms with Crippen LogP contribution in [0.2, 0.25) is 0 Å². The molecule has 114 valence electrons. The van der Waals surface area contributed by atoms with Gasteiger partial charge in [0.1, 0.15) is 0 Å². The minimum atomic E-state index is -0.0614. The molecule has 0 unspecified atom stereocenters. The number of rotatable bonds is 5. The highest BCUT2D eigenvalue weighted by Crippen LogP contribution is 2.49. The van der Waals surface area contributed by atoms with Crippen LogP contribution in [0.3, 0.4) is 0 Å². The number of thiophene rings is 1. The first kappa shape index (κ1) is 14.5. The molecule has 0 radical (unpaired) electrons. The summed E-state index contributed by atoms with van der Waals surface area (Å²) in [5, 5.41) is 1.87. The van der Waals surface area contributed by atoms with E-state index >= 15 is 0 Å². The number of ether oxygens (including phenoxy) is 4. The predicted octanol–water partition coefficient (Wildman–Crippen LogP) is 3.39. The van der Waals surface area contributed by atoms with Crippen molar-refractivity contribution in [2.24, 2.45) is 0 Å². The molecule has 0 N–H and O–H groups in total. The average molecular weight is 318 g/mol. The summed E-state index contributed by atoms with van der Waals surface area (Å²) in [4.78, 5) is 12.7. The number of carbonyl (C=O) groups excluding carboxylic acids is 1. The first-order valence-electron chi connectivity index (χ1n) is 6.55. The Morgan fingerprint density at radius 1 is 1.27 bits per heavy atom. The van der Waals surface area contributed by atoms with Gasteiger partial charge in [-0.2, -0.15) is 0 Å². The zero-order chi connectivity index (χ0) is 15.5. The van der Waals surface area contributed by atoms with E-state index in [0.29, 0.717) is 33.4 Å². The van der Waals surface area contributed by atoms with E-state index in [1.165, 1.54) is 17.4 Å². The van der Waals surface area contributed by atoms with Gasteiger partial charge in [-0.3, -0.25) is 4.79 Å². The third-order valence-corrected chi connectivity index (χ3v) is 4.08. The smallest absolute Gasteiger partial charge is 0.231 e. The minimum Gasteiger partial charge on any atom is -0.493 e. The number of benzene rings is 1. The molecule has 1 aromatic heterocycles. The lowest BCUT2D eigenvalue weighted by Crippen LogP contribution is -1.95. The van der Waals surface area contributed by atoms with E-state index in [-0.39, 0.29) is 12.6 Å². The maximum atomic E-state index is 12.1. The number of fused-ring (bicyclic) bond motifs is 1. The van der Waals surface area contributed by atoms with Crippen molar-refractivity contribution in [2.45, 2.75) is 0 Å². The molecule has 0 saturated heterocycles. The van der Waals surface area contributed by atoms with Gasteiger partial charge < -0.3 is 18.9 Å². The molecule has 1 aliphatic heterocycles. The Hall–Kier alpha value is -2.47. The van der Waals surface area contributed by atoms with Gasteiger partial charge in [0, 0.05) is 5.56 Å². The van der Waals surface area contributed by atoms with Crippen molar-refractivity contribution in [1.29, 1.82) is 0 Å². The number of methoxy groups -OCH3 is 2. The fraction of sp³-hybridized carbons (Fsp3) is 0.188. The summed E-state index contributed by atoms with van der Waals surface area (Å²) in [6.45, 7) is 0.114. The second-order valence-electron chi connectivity index (χ2n) is 4.44. The molecule has 1 aromatic carbocycles. The highest BCUT2D eigenvalue weighted by molar-refractivity contribution is 7.12. The van der Waals surface area contributed by atoms with Crippen LogP contribution in [-0.2, 0) is 0 Å². The van der Waals surface area contributed by atoms with E-state index in [0.717, 1.165) is 0 Å². The van der Waals surface area contributed by atoms with Crippen LogP contribution in [0.1, 0.15) is 15.2 Å². The first-order chi connectivity index (χ1) is 10.7. The Morgan fingerprint density at radius 3 is 2.77 bits per heavy atom. The van der Waals surface area contributed by atoms with Gasteiger partial charge in [-0.05, 0) is 29.7 Å². The second kappa shape index (κ2) is 6.11. The second-order valence-corrected chi connectivity index (χ2v) is 5.39. The number of hydrogen-bond donors (Lipinski definition) is 0. The standard InChI is InChI=1S/C16H14O5S/c1-18-12-8-10(5-6-11(17)13-4-3-7-22-13)14(19-2)16-15(12)20-9-21-16/h3-8H,9H2,1-2H3/b6-5+. The maximum absolute atomic E-state index is 12.1. The summed E-state index contributed by atoms with van der Waals surface area (Å²) in [7, 11) is 3.09. The third-order valence-electron chi connectivity index (χ3n) is 3.19. The molecule has 0 bridgehead atoms. The molecule has 0 aliphatic carbocycles. The van der Waals surface area contributed by atoms with Gasteiger partial charge in [-0.15, -0.1) is 11.3 Å². The Morgan fingerprint density at radius 2 is 2.09 bits per heavy atom. The zero-order valence-electron chi connectivity index (χ0n) is 12.1. The van der Waals surface area contributed by atoms with Crippen LogP contribution >= 0.6 is 11.3 Å². The van der Waals surface area contributed by atoms with E-state index in [1.807, 2.05) is 11.4 Å². The molecule has 5 nitrogen and oxygen atoms in total. The molecule has 3 rings (SSSR count). The molecule has 0 atom stereocenters. The highest BCUT2D eigenvalue weighted by atomic mass is 32.1. The lowest BCUT2D eigenvalue weighted by Gasteiger charge is -2.11. The fourth-order valence-corrected chi connectivity index (χ4v) is 2.83. The Kier molecular flexibility index (Phi) is 4.02. The lowest BCUT2D eigenvalue weighted by atomic mass is 10.1. The van der Waals surface area contributed by atoms with Crippen molar-refractivity contribution in [3.8, 4) is 23.0 Å². The van der Waals surface area contributed by atoms with Gasteiger partial charge in [0.15, 0.2) is 17.3 Å². The molecule has 0 saturated carbocycles. The number of hydrogen-bond acceptors (Lipinski definition) is 6. The topological polar surface area (TPSA) is 54.0 Å². The highest BCUT2D eigenvalue weighted by Gasteiger charge is 2.26. The number of allylic oxidation sites excluding steroid dienone is 1. The Balaban J connectivity index is 1.98. The van der Waals surface area contributed by atoms with Crippen molar-refractivity contribution in [1.82, 2.24) is 0 Å². The van der Waals surface area contributed by atoms with Crippen molar-refractivity contribution in [3.63, 3.8) is 0 Å². The van der Waals surface area contributed by atoms with E-state index in [9.17, 15) is 4.79 Å². The first-order valence-corrected chi connectivity index (χ1v) is 7.43. The molecular weight excluding hydrogens is 304 g/mol. The van der Waals surface area contributed by atoms with E-state index in [1.54, 1.807) is 32.4 Å². The van der Waals surface area contributed by atoms with Crippen LogP contribution in [0.4, 0.5) is 0 Å². The third kappa shape index (κ3) is 2.53. The van der Waals surface area contributed by atoms with Crippen LogP contribution in [-0.4, -0.2) is 26.8 Å². The quantitative estimate of drug-likeness (QED) is 0.625. The van der Waals surface area contributed by atoms with Crippen molar-refractivity contribution in [2.75, 3.05) is 21.0 Å². The van der Waals surface area contributed by atoms with Crippen LogP contribution in [0.25, 0.3) is 6.08 Å². The number of carbonyl (C=O) groups is 1. The van der Waals surface area contributed by atoms with Gasteiger partial charge in [0.25, 0.3) is 0 Å². The Bertz CT molecular complexity index is 719. The molecule has 0 spiro atoms. The molecule has 22 heavy (non-hydrogen) atoms. The SMILES string of the molecule is COc1cc(/C=C/C(=O)c2cccs2)c(OC)c2c1OCO2. The monoisotopic (exact) mass is 318 g/mol. The van der Waals surface area contributed by atoms with Gasteiger partial charge in [-0.1, -0.05) is 6.07 Å². The summed E-state index contributed by atoms with van der Waals surface area (Å²) in [5.74, 6) is 2.00. The largest absolute Gasteiger partial charge is 0.493 e. The van der Waals surface area contributed by atoms with Gasteiger partial charge in [-0.25, -0.2) is 0 Å². The summed E-state index contributed by atoms with van der Waals surface area (Å²) in [6, 6.07) is 5.38. The van der Waals surface area contributed by atoms with Gasteiger partial charge >= 0.3 is 0 Å². The van der Waals surface area contributed by atoms with Crippen LogP contribution < -0.4 is 18.9 Å². The summed E-state index contributed by atoms with van der Waals surface area (Å²) in [6.07, 6.45) is 3.19.